The molecule has 0 amide bonds. The minimum Gasteiger partial charge on any atom is -0.481 e. The summed E-state index contributed by atoms with van der Waals surface area (Å²) < 4.78 is 0. The van der Waals surface area contributed by atoms with Crippen LogP contribution in [0.15, 0.2) is 0 Å². The van der Waals surface area contributed by atoms with Crippen LogP contribution in [-0.2, 0) is 4.79 Å². The number of carboxylic acids is 1. The number of hydrogen-bond acceptors (Lipinski definition) is 3. The Balaban J connectivity index is 3.38. The summed E-state index contributed by atoms with van der Waals surface area (Å²) >= 11 is 0. The summed E-state index contributed by atoms with van der Waals surface area (Å²) in [5.74, 6) is -0.987. The van der Waals surface area contributed by atoms with E-state index in [2.05, 4.69) is 5.32 Å². The molecule has 0 aromatic carbocycles. The molecule has 0 saturated carbocycles. The third-order valence-electron chi connectivity index (χ3n) is 1.80. The van der Waals surface area contributed by atoms with E-state index in [9.17, 15) is 4.79 Å². The van der Waals surface area contributed by atoms with E-state index in [0.717, 1.165) is 0 Å². The van der Waals surface area contributed by atoms with Gasteiger partial charge in [-0.3, -0.25) is 4.79 Å². The first-order chi connectivity index (χ1) is 5.72. The number of hydrogen-bond donors (Lipinski definition) is 3. The second kappa shape index (κ2) is 7.06. The van der Waals surface area contributed by atoms with E-state index in [4.69, 9.17) is 10.2 Å². The van der Waals surface area contributed by atoms with Crippen LogP contribution in [-0.4, -0.2) is 35.9 Å². The Kier molecular flexibility index (Phi) is 6.70. The van der Waals surface area contributed by atoms with Crippen LogP contribution in [0.2, 0.25) is 0 Å². The maximum atomic E-state index is 10.5. The molecular formula is C8H17NO3. The Hall–Kier alpha value is -0.610. The molecule has 0 aliphatic rings. The van der Waals surface area contributed by atoms with Crippen LogP contribution in [0, 0.1) is 5.92 Å². The van der Waals surface area contributed by atoms with Gasteiger partial charge in [0.05, 0.1) is 12.5 Å². The summed E-state index contributed by atoms with van der Waals surface area (Å²) in [6.07, 6.45) is 1.29. The molecule has 0 rings (SSSR count). The molecule has 0 aliphatic carbocycles. The Bertz CT molecular complexity index is 127. The summed E-state index contributed by atoms with van der Waals surface area (Å²) in [6.45, 7) is 3.16. The average Bonchev–Trinajstić information content (AvgIpc) is 2.04. The highest BCUT2D eigenvalue weighted by atomic mass is 16.4. The molecule has 0 spiro atoms. The molecule has 0 bridgehead atoms. The van der Waals surface area contributed by atoms with Gasteiger partial charge in [-0.05, 0) is 19.4 Å². The summed E-state index contributed by atoms with van der Waals surface area (Å²) in [5.41, 5.74) is 0. The molecular weight excluding hydrogens is 158 g/mol. The molecule has 1 atom stereocenters. The molecule has 3 N–H and O–H groups in total. The fourth-order valence-electron chi connectivity index (χ4n) is 0.983. The van der Waals surface area contributed by atoms with Crippen LogP contribution in [0.3, 0.4) is 0 Å². The third kappa shape index (κ3) is 5.09. The molecule has 0 aromatic rings. The number of aliphatic hydroxyl groups is 1. The lowest BCUT2D eigenvalue weighted by atomic mass is 10.0. The van der Waals surface area contributed by atoms with Crippen molar-refractivity contribution in [2.45, 2.75) is 19.8 Å². The Morgan fingerprint density at radius 1 is 1.50 bits per heavy atom. The first-order valence-corrected chi connectivity index (χ1v) is 4.26. The Morgan fingerprint density at radius 3 is 2.58 bits per heavy atom. The summed E-state index contributed by atoms with van der Waals surface area (Å²) in [4.78, 5) is 10.5. The SMILES string of the molecule is CCC(CCNCCO)C(=O)O. The maximum absolute atomic E-state index is 10.5. The maximum Gasteiger partial charge on any atom is 0.306 e. The Morgan fingerprint density at radius 2 is 2.17 bits per heavy atom. The van der Waals surface area contributed by atoms with Gasteiger partial charge in [0.25, 0.3) is 0 Å². The lowest BCUT2D eigenvalue weighted by Crippen LogP contribution is -2.24. The van der Waals surface area contributed by atoms with Crippen molar-refractivity contribution >= 4 is 5.97 Å². The van der Waals surface area contributed by atoms with Gasteiger partial charge < -0.3 is 15.5 Å². The van der Waals surface area contributed by atoms with Crippen molar-refractivity contribution in [3.63, 3.8) is 0 Å². The first kappa shape index (κ1) is 11.4. The van der Waals surface area contributed by atoms with Gasteiger partial charge in [-0.15, -0.1) is 0 Å². The fraction of sp³-hybridized carbons (Fsp3) is 0.875. The van der Waals surface area contributed by atoms with Crippen LogP contribution < -0.4 is 5.32 Å². The highest BCUT2D eigenvalue weighted by Crippen LogP contribution is 2.06. The number of rotatable bonds is 7. The Labute approximate surface area is 72.6 Å². The summed E-state index contributed by atoms with van der Waals surface area (Å²) in [6, 6.07) is 0. The number of carbonyl (C=O) groups is 1. The van der Waals surface area contributed by atoms with Crippen LogP contribution in [0.5, 0.6) is 0 Å². The molecule has 0 heterocycles. The molecule has 0 aromatic heterocycles. The van der Waals surface area contributed by atoms with Crippen molar-refractivity contribution in [2.24, 2.45) is 5.92 Å². The predicted octanol–water partition coefficient (Wildman–Crippen LogP) is 0.0692. The number of aliphatic hydroxyl groups excluding tert-OH is 1. The van der Waals surface area contributed by atoms with Crippen LogP contribution >= 0.6 is 0 Å². The van der Waals surface area contributed by atoms with Crippen molar-refractivity contribution < 1.29 is 15.0 Å². The van der Waals surface area contributed by atoms with Crippen molar-refractivity contribution in [3.8, 4) is 0 Å². The van der Waals surface area contributed by atoms with E-state index in [0.29, 0.717) is 25.9 Å². The van der Waals surface area contributed by atoms with E-state index >= 15 is 0 Å². The topological polar surface area (TPSA) is 69.6 Å². The zero-order valence-corrected chi connectivity index (χ0v) is 7.42. The van der Waals surface area contributed by atoms with Crippen molar-refractivity contribution in [1.82, 2.24) is 5.32 Å². The standard InChI is InChI=1S/C8H17NO3/c1-2-7(8(11)12)3-4-9-5-6-10/h7,9-10H,2-6H2,1H3,(H,11,12). The molecule has 0 aliphatic heterocycles. The first-order valence-electron chi connectivity index (χ1n) is 4.26. The van der Waals surface area contributed by atoms with Gasteiger partial charge in [0, 0.05) is 6.54 Å². The van der Waals surface area contributed by atoms with Gasteiger partial charge >= 0.3 is 5.97 Å². The van der Waals surface area contributed by atoms with Gasteiger partial charge in [-0.2, -0.15) is 0 Å². The van der Waals surface area contributed by atoms with Crippen molar-refractivity contribution in [2.75, 3.05) is 19.7 Å². The lowest BCUT2D eigenvalue weighted by Gasteiger charge is -2.09. The second-order valence-corrected chi connectivity index (χ2v) is 2.71. The summed E-state index contributed by atoms with van der Waals surface area (Å²) in [7, 11) is 0. The molecule has 0 saturated heterocycles. The van der Waals surface area contributed by atoms with Gasteiger partial charge in [-0.25, -0.2) is 0 Å². The van der Waals surface area contributed by atoms with Crippen LogP contribution in [0.4, 0.5) is 0 Å². The second-order valence-electron chi connectivity index (χ2n) is 2.71. The normalized spacial score (nSPS) is 12.8. The van der Waals surface area contributed by atoms with Gasteiger partial charge in [-0.1, -0.05) is 6.92 Å². The average molecular weight is 175 g/mol. The fourth-order valence-corrected chi connectivity index (χ4v) is 0.983. The molecule has 72 valence electrons. The number of carboxylic acid groups (broad SMARTS) is 1. The van der Waals surface area contributed by atoms with E-state index < -0.39 is 5.97 Å². The minimum absolute atomic E-state index is 0.101. The number of nitrogens with one attached hydrogen (secondary N) is 1. The molecule has 12 heavy (non-hydrogen) atoms. The van der Waals surface area contributed by atoms with Crippen molar-refractivity contribution in [3.05, 3.63) is 0 Å². The lowest BCUT2D eigenvalue weighted by molar-refractivity contribution is -0.142. The van der Waals surface area contributed by atoms with E-state index in [-0.39, 0.29) is 12.5 Å². The van der Waals surface area contributed by atoms with E-state index in [1.807, 2.05) is 6.92 Å². The quantitative estimate of drug-likeness (QED) is 0.479. The third-order valence-corrected chi connectivity index (χ3v) is 1.80. The largest absolute Gasteiger partial charge is 0.481 e. The van der Waals surface area contributed by atoms with E-state index in [1.54, 1.807) is 0 Å². The smallest absolute Gasteiger partial charge is 0.306 e. The van der Waals surface area contributed by atoms with Crippen LogP contribution in [0.1, 0.15) is 19.8 Å². The summed E-state index contributed by atoms with van der Waals surface area (Å²) in [5, 5.41) is 20.0. The number of aliphatic carboxylic acids is 1. The molecule has 4 nitrogen and oxygen atoms in total. The zero-order chi connectivity index (χ0) is 9.40. The molecule has 1 unspecified atom stereocenters. The van der Waals surface area contributed by atoms with Gasteiger partial charge in [0.2, 0.25) is 0 Å². The predicted molar refractivity (Wildman–Crippen MR) is 46.0 cm³/mol. The van der Waals surface area contributed by atoms with E-state index in [1.165, 1.54) is 0 Å². The monoisotopic (exact) mass is 175 g/mol. The van der Waals surface area contributed by atoms with Gasteiger partial charge in [0.1, 0.15) is 0 Å². The van der Waals surface area contributed by atoms with Crippen LogP contribution in [0.25, 0.3) is 0 Å². The zero-order valence-electron chi connectivity index (χ0n) is 7.42. The highest BCUT2D eigenvalue weighted by Gasteiger charge is 2.13. The molecule has 4 heteroatoms. The highest BCUT2D eigenvalue weighted by molar-refractivity contribution is 5.69. The van der Waals surface area contributed by atoms with Crippen molar-refractivity contribution in [1.29, 1.82) is 0 Å². The molecule has 0 fully saturated rings. The molecule has 0 radical (unpaired) electrons. The minimum atomic E-state index is -0.733. The van der Waals surface area contributed by atoms with Gasteiger partial charge in [0.15, 0.2) is 0 Å².